The lowest BCUT2D eigenvalue weighted by atomic mass is 9.44. The van der Waals surface area contributed by atoms with Crippen LogP contribution >= 0.6 is 0 Å². The van der Waals surface area contributed by atoms with Crippen molar-refractivity contribution in [2.75, 3.05) is 7.11 Å². The van der Waals surface area contributed by atoms with Gasteiger partial charge in [-0.15, -0.1) is 0 Å². The van der Waals surface area contributed by atoms with Gasteiger partial charge in [-0.25, -0.2) is 15.0 Å². The average molecular weight is 412 g/mol. The van der Waals surface area contributed by atoms with E-state index in [1.54, 1.807) is 13.4 Å². The molecule has 8 heteroatoms. The zero-order valence-electron chi connectivity index (χ0n) is 18.3. The molecule has 2 aliphatic carbocycles. The number of hydrogen-bond acceptors (Lipinski definition) is 6. The molecule has 1 aromatic heterocycles. The van der Waals surface area contributed by atoms with Crippen LogP contribution in [0, 0.1) is 18.3 Å². The van der Waals surface area contributed by atoms with E-state index in [2.05, 4.69) is 35.1 Å². The highest BCUT2D eigenvalue weighted by molar-refractivity contribution is 6.41. The van der Waals surface area contributed by atoms with E-state index in [1.165, 1.54) is 5.56 Å². The Bertz CT molecular complexity index is 1080. The van der Waals surface area contributed by atoms with Gasteiger partial charge in [0.25, 0.3) is 6.02 Å². The van der Waals surface area contributed by atoms with E-state index in [9.17, 15) is 0 Å². The van der Waals surface area contributed by atoms with Crippen LogP contribution < -0.4 is 5.73 Å². The topological polar surface area (TPSA) is 82.6 Å². The smallest absolute Gasteiger partial charge is 0.281 e. The summed E-state index contributed by atoms with van der Waals surface area (Å²) < 4.78 is 11.5. The monoisotopic (exact) mass is 412 g/mol. The van der Waals surface area contributed by atoms with E-state index in [0.717, 1.165) is 48.1 Å². The van der Waals surface area contributed by atoms with Gasteiger partial charge in [0.1, 0.15) is 27.6 Å². The summed E-state index contributed by atoms with van der Waals surface area (Å²) in [5.74, 6) is 0.335. The van der Waals surface area contributed by atoms with Gasteiger partial charge < -0.3 is 15.2 Å². The van der Waals surface area contributed by atoms with Gasteiger partial charge in [-0.1, -0.05) is 19.1 Å². The summed E-state index contributed by atoms with van der Waals surface area (Å²) in [6.45, 7) is 4.19. The van der Waals surface area contributed by atoms with Crippen LogP contribution in [-0.2, 0) is 21.4 Å². The number of benzene rings is 1. The molecule has 2 N–H and O–H groups in total. The van der Waals surface area contributed by atoms with Gasteiger partial charge in [0.2, 0.25) is 0 Å². The predicted molar refractivity (Wildman–Crippen MR) is 121 cm³/mol. The SMILES string of the molecule is [B]C1([B])OC(N)=N[C@]12c1cc(-c3cncnc3C)ccc1C[C@@]21CC[C@H](OC)[C@@H](C)C1. The van der Waals surface area contributed by atoms with Gasteiger partial charge >= 0.3 is 0 Å². The van der Waals surface area contributed by atoms with E-state index in [0.29, 0.717) is 5.92 Å². The van der Waals surface area contributed by atoms with E-state index < -0.39 is 10.9 Å². The first-order chi connectivity index (χ1) is 14.7. The molecule has 3 aliphatic rings. The Morgan fingerprint density at radius 1 is 1.29 bits per heavy atom. The molecule has 6 nitrogen and oxygen atoms in total. The average Bonchev–Trinajstić information content (AvgIpc) is 3.13. The summed E-state index contributed by atoms with van der Waals surface area (Å²) in [6.07, 6.45) is 7.08. The summed E-state index contributed by atoms with van der Waals surface area (Å²) in [5, 5.41) is -1.54. The fourth-order valence-electron chi connectivity index (χ4n) is 6.41. The third-order valence-electron chi connectivity index (χ3n) is 7.69. The Balaban J connectivity index is 1.71. The lowest BCUT2D eigenvalue weighted by molar-refractivity contribution is -0.0559. The van der Waals surface area contributed by atoms with Crippen LogP contribution in [0.15, 0.2) is 35.7 Å². The number of hydrogen-bond donors (Lipinski definition) is 1. The summed E-state index contributed by atoms with van der Waals surface area (Å²) in [6, 6.07) is 6.44. The van der Waals surface area contributed by atoms with Crippen molar-refractivity contribution in [3.05, 3.63) is 47.5 Å². The van der Waals surface area contributed by atoms with Gasteiger partial charge in [-0.2, -0.15) is 0 Å². The summed E-state index contributed by atoms with van der Waals surface area (Å²) in [4.78, 5) is 13.4. The van der Waals surface area contributed by atoms with Crippen LogP contribution in [0.4, 0.5) is 0 Å². The second kappa shape index (κ2) is 6.83. The molecule has 0 saturated heterocycles. The fraction of sp³-hybridized carbons (Fsp3) is 0.522. The van der Waals surface area contributed by atoms with Crippen LogP contribution in [0.25, 0.3) is 11.1 Å². The molecule has 1 fully saturated rings. The van der Waals surface area contributed by atoms with Crippen molar-refractivity contribution < 1.29 is 9.47 Å². The predicted octanol–water partition coefficient (Wildman–Crippen LogP) is 2.36. The molecule has 2 spiro atoms. The molecule has 156 valence electrons. The number of nitrogens with zero attached hydrogens (tertiary/aromatic N) is 3. The number of aromatic nitrogens is 2. The molecule has 0 amide bonds. The maximum absolute atomic E-state index is 6.67. The van der Waals surface area contributed by atoms with Crippen molar-refractivity contribution in [3.8, 4) is 11.1 Å². The van der Waals surface area contributed by atoms with Crippen molar-refractivity contribution in [3.63, 3.8) is 0 Å². The van der Waals surface area contributed by atoms with Crippen LogP contribution in [0.1, 0.15) is 43.0 Å². The van der Waals surface area contributed by atoms with Crippen LogP contribution in [0.5, 0.6) is 0 Å². The van der Waals surface area contributed by atoms with Gasteiger partial charge in [-0.3, -0.25) is 0 Å². The molecule has 1 aromatic carbocycles. The molecule has 31 heavy (non-hydrogen) atoms. The minimum Gasteiger partial charge on any atom is -0.476 e. The Morgan fingerprint density at radius 2 is 2.10 bits per heavy atom. The molecular formula is C23H26B2N4O2. The largest absolute Gasteiger partial charge is 0.476 e. The second-order valence-corrected chi connectivity index (χ2v) is 9.40. The van der Waals surface area contributed by atoms with E-state index in [1.807, 2.05) is 13.1 Å². The third-order valence-corrected chi connectivity index (χ3v) is 7.69. The maximum Gasteiger partial charge on any atom is 0.281 e. The highest BCUT2D eigenvalue weighted by Gasteiger charge is 2.68. The highest BCUT2D eigenvalue weighted by Crippen LogP contribution is 2.65. The van der Waals surface area contributed by atoms with Gasteiger partial charge in [0, 0.05) is 30.0 Å². The van der Waals surface area contributed by atoms with Crippen molar-refractivity contribution in [2.45, 2.75) is 56.6 Å². The Labute approximate surface area is 185 Å². The normalized spacial score (nSPS) is 33.3. The minimum absolute atomic E-state index is 0.0448. The van der Waals surface area contributed by atoms with E-state index in [-0.39, 0.29) is 17.5 Å². The standard InChI is InChI=1S/C23H26B2N4O2/c1-13-9-21(7-6-19(13)30-3)10-16-5-4-15(17-11-27-12-28-14(17)2)8-18(16)22(21)23(24,25)31-20(26)29-22/h4-5,8,11-13,19H,6-7,9-10H2,1-3H3,(H2,26,29)/t13-,19-,21-,22-/m0/s1. The number of aliphatic imine (C=N–C) groups is 1. The third kappa shape index (κ3) is 2.73. The van der Waals surface area contributed by atoms with Crippen LogP contribution in [-0.4, -0.2) is 50.3 Å². The molecule has 4 radical (unpaired) electrons. The first-order valence-corrected chi connectivity index (χ1v) is 10.8. The summed E-state index contributed by atoms with van der Waals surface area (Å²) in [7, 11) is 15.1. The Morgan fingerprint density at radius 3 is 2.74 bits per heavy atom. The minimum atomic E-state index is -1.54. The molecule has 1 aliphatic heterocycles. The lowest BCUT2D eigenvalue weighted by Gasteiger charge is -2.53. The zero-order valence-corrected chi connectivity index (χ0v) is 18.3. The summed E-state index contributed by atoms with van der Waals surface area (Å²) in [5.41, 5.74) is 9.88. The Kier molecular flexibility index (Phi) is 4.53. The molecular weight excluding hydrogens is 386 g/mol. The lowest BCUT2D eigenvalue weighted by Crippen LogP contribution is -2.60. The van der Waals surface area contributed by atoms with Crippen LogP contribution in [0.3, 0.4) is 0 Å². The number of ether oxygens (including phenoxy) is 2. The molecule has 4 atom stereocenters. The van der Waals surface area contributed by atoms with Gasteiger partial charge in [0.15, 0.2) is 0 Å². The van der Waals surface area contributed by atoms with Crippen molar-refractivity contribution in [1.29, 1.82) is 0 Å². The number of aryl methyl sites for hydroxylation is 1. The Hall–Kier alpha value is -2.34. The van der Waals surface area contributed by atoms with Gasteiger partial charge in [0.05, 0.1) is 11.5 Å². The molecule has 2 heterocycles. The molecule has 2 aromatic rings. The number of methoxy groups -OCH3 is 1. The number of nitrogens with two attached hydrogens (primary N) is 1. The fourth-order valence-corrected chi connectivity index (χ4v) is 6.41. The molecule has 0 unspecified atom stereocenters. The zero-order chi connectivity index (χ0) is 22.0. The van der Waals surface area contributed by atoms with E-state index in [4.69, 9.17) is 35.9 Å². The molecule has 5 rings (SSSR count). The highest BCUT2D eigenvalue weighted by atomic mass is 16.5. The van der Waals surface area contributed by atoms with Crippen LogP contribution in [0.2, 0.25) is 0 Å². The van der Waals surface area contributed by atoms with Crippen molar-refractivity contribution >= 4 is 21.7 Å². The quantitative estimate of drug-likeness (QED) is 0.767. The molecule has 1 saturated carbocycles. The van der Waals surface area contributed by atoms with Crippen molar-refractivity contribution in [1.82, 2.24) is 9.97 Å². The maximum atomic E-state index is 6.67. The second-order valence-electron chi connectivity index (χ2n) is 9.40. The molecule has 0 bridgehead atoms. The first kappa shape index (κ1) is 20.6. The number of fused-ring (bicyclic) bond motifs is 3. The van der Waals surface area contributed by atoms with Crippen molar-refractivity contribution in [2.24, 2.45) is 22.1 Å². The van der Waals surface area contributed by atoms with Gasteiger partial charge in [-0.05, 0) is 61.3 Å². The number of amidine groups is 1. The number of rotatable bonds is 2. The van der Waals surface area contributed by atoms with E-state index >= 15 is 0 Å². The first-order valence-electron chi connectivity index (χ1n) is 10.8. The summed E-state index contributed by atoms with van der Waals surface area (Å²) >= 11 is 0.